The molecule has 3 heterocycles. The van der Waals surface area contributed by atoms with E-state index in [1.54, 1.807) is 0 Å². The van der Waals surface area contributed by atoms with Crippen molar-refractivity contribution in [3.05, 3.63) is 231 Å². The molecule has 2 aliphatic rings. The maximum absolute atomic E-state index is 4.55. The van der Waals surface area contributed by atoms with Gasteiger partial charge in [0.25, 0.3) is 0 Å². The molecule has 0 spiro atoms. The van der Waals surface area contributed by atoms with E-state index in [9.17, 15) is 0 Å². The van der Waals surface area contributed by atoms with Crippen LogP contribution in [-0.2, 0) is 0 Å². The monoisotopic (exact) mass is 761 g/mol. The van der Waals surface area contributed by atoms with Gasteiger partial charge in [-0.3, -0.25) is 0 Å². The lowest BCUT2D eigenvalue weighted by atomic mass is 10.1. The van der Waals surface area contributed by atoms with Crippen molar-refractivity contribution in [2.75, 3.05) is 9.80 Å². The van der Waals surface area contributed by atoms with Crippen LogP contribution >= 0.6 is 0 Å². The molecule has 0 bridgehead atoms. The first kappa shape index (κ1) is 33.4. The molecule has 0 unspecified atom stereocenters. The molecular formula is C52H39N3Si2. The van der Waals surface area contributed by atoms with Gasteiger partial charge in [-0.15, -0.1) is 0 Å². The summed E-state index contributed by atoms with van der Waals surface area (Å²) in [6.07, 6.45) is 0. The van der Waals surface area contributed by atoms with Crippen LogP contribution in [0, 0.1) is 0 Å². The second-order valence-corrected chi connectivity index (χ2v) is 22.3. The number of fused-ring (bicyclic) bond motifs is 5. The van der Waals surface area contributed by atoms with E-state index >= 15 is 0 Å². The highest BCUT2D eigenvalue weighted by atomic mass is 28.3. The van der Waals surface area contributed by atoms with Gasteiger partial charge in [0.1, 0.15) is 0 Å². The number of anilines is 6. The van der Waals surface area contributed by atoms with E-state index in [0.29, 0.717) is 0 Å². The van der Waals surface area contributed by atoms with Crippen LogP contribution in [0.3, 0.4) is 0 Å². The molecule has 2 aliphatic heterocycles. The molecule has 270 valence electrons. The Hall–Kier alpha value is -6.93. The van der Waals surface area contributed by atoms with E-state index in [-0.39, 0.29) is 0 Å². The second-order valence-electron chi connectivity index (χ2n) is 14.9. The van der Waals surface area contributed by atoms with Crippen molar-refractivity contribution < 1.29 is 0 Å². The minimum atomic E-state index is -3.07. The fraction of sp³-hybridized carbons (Fsp3) is 0. The number of hydrogen-bond acceptors (Lipinski definition) is 2. The molecule has 57 heavy (non-hydrogen) atoms. The van der Waals surface area contributed by atoms with E-state index in [1.165, 1.54) is 64.5 Å². The van der Waals surface area contributed by atoms with Gasteiger partial charge in [0.15, 0.2) is 0 Å². The van der Waals surface area contributed by atoms with Crippen molar-refractivity contribution in [1.82, 2.24) is 4.98 Å². The number of aromatic nitrogens is 1. The summed E-state index contributed by atoms with van der Waals surface area (Å²) >= 11 is 0. The molecule has 0 amide bonds. The molecule has 1 N–H and O–H groups in total. The SMILES string of the molecule is c1ccc(N2c3ccccc3[Si](c3ccccc3)(c3ccccc3)c3[nH]c4c(c32)N(c2ccccc2)c2ccccc2[Si]4(c2ccccc2)c2ccccc2)cc1. The zero-order valence-corrected chi connectivity index (χ0v) is 33.3. The van der Waals surface area contributed by atoms with Gasteiger partial charge < -0.3 is 14.8 Å². The average molecular weight is 762 g/mol. The number of para-hydroxylation sites is 4. The Kier molecular flexibility index (Phi) is 7.84. The summed E-state index contributed by atoms with van der Waals surface area (Å²) in [7, 11) is -6.13. The van der Waals surface area contributed by atoms with Crippen molar-refractivity contribution >= 4 is 92.0 Å². The molecule has 0 aliphatic carbocycles. The zero-order valence-electron chi connectivity index (χ0n) is 31.3. The molecule has 1 aromatic heterocycles. The molecule has 3 nitrogen and oxygen atoms in total. The van der Waals surface area contributed by atoms with Gasteiger partial charge in [-0.05, 0) is 67.5 Å². The summed E-state index contributed by atoms with van der Waals surface area (Å²) in [5, 5.41) is 10.7. The highest BCUT2D eigenvalue weighted by molar-refractivity contribution is 7.23. The lowest BCUT2D eigenvalue weighted by molar-refractivity contribution is 1.25. The number of aromatic amines is 1. The highest BCUT2D eigenvalue weighted by Gasteiger charge is 2.57. The van der Waals surface area contributed by atoms with Crippen LogP contribution in [-0.4, -0.2) is 21.1 Å². The lowest BCUT2D eigenvalue weighted by Gasteiger charge is -2.45. The maximum Gasteiger partial charge on any atom is 0.203 e. The van der Waals surface area contributed by atoms with Crippen LogP contribution in [0.25, 0.3) is 0 Å². The van der Waals surface area contributed by atoms with Gasteiger partial charge in [-0.1, -0.05) is 194 Å². The number of nitrogens with zero attached hydrogens (tertiary/aromatic N) is 2. The standard InChI is InChI=1S/C52H39N3Si2/c1-7-23-39(24-8-1)54-45-35-19-21-37-47(45)56(41-27-11-3-12-28-41,42-29-13-4-14-30-42)51-49(54)50-52(53-51)57(43-31-15-5-16-32-43,44-33-17-6-18-34-44)48-38-22-20-36-46(48)55(50)40-25-9-2-10-26-40/h1-38,53H. The predicted octanol–water partition coefficient (Wildman–Crippen LogP) is 7.34. The molecular weight excluding hydrogens is 723 g/mol. The van der Waals surface area contributed by atoms with Crippen LogP contribution in [0.5, 0.6) is 0 Å². The minimum Gasteiger partial charge on any atom is -0.364 e. The quantitative estimate of drug-likeness (QED) is 0.180. The topological polar surface area (TPSA) is 22.3 Å². The van der Waals surface area contributed by atoms with Gasteiger partial charge in [0.2, 0.25) is 16.1 Å². The lowest BCUT2D eigenvalue weighted by Crippen LogP contribution is -2.79. The molecule has 0 saturated carbocycles. The van der Waals surface area contributed by atoms with Crippen LogP contribution in [0.2, 0.25) is 0 Å². The number of benzene rings is 8. The van der Waals surface area contributed by atoms with Gasteiger partial charge in [-0.25, -0.2) is 0 Å². The molecule has 0 saturated heterocycles. The van der Waals surface area contributed by atoms with Crippen LogP contribution in [0.4, 0.5) is 34.1 Å². The van der Waals surface area contributed by atoms with Crippen LogP contribution in [0.15, 0.2) is 231 Å². The summed E-state index contributed by atoms with van der Waals surface area (Å²) in [6.45, 7) is 0. The normalized spacial score (nSPS) is 14.5. The van der Waals surface area contributed by atoms with Crippen molar-refractivity contribution in [3.63, 3.8) is 0 Å². The largest absolute Gasteiger partial charge is 0.364 e. The Balaban J connectivity index is 1.41. The van der Waals surface area contributed by atoms with E-state index in [1.807, 2.05) is 0 Å². The molecule has 5 heteroatoms. The summed E-state index contributed by atoms with van der Waals surface area (Å²) in [6, 6.07) is 85.8. The van der Waals surface area contributed by atoms with E-state index < -0.39 is 16.1 Å². The molecule has 8 aromatic carbocycles. The summed E-state index contributed by atoms with van der Waals surface area (Å²) in [4.78, 5) is 9.68. The second kappa shape index (κ2) is 13.4. The van der Waals surface area contributed by atoms with Gasteiger partial charge >= 0.3 is 0 Å². The molecule has 11 rings (SSSR count). The maximum atomic E-state index is 4.55. The average Bonchev–Trinajstić information content (AvgIpc) is 3.69. The number of rotatable bonds is 6. The summed E-state index contributed by atoms with van der Waals surface area (Å²) < 4.78 is 0. The van der Waals surface area contributed by atoms with Crippen molar-refractivity contribution in [3.8, 4) is 0 Å². The van der Waals surface area contributed by atoms with E-state index in [4.69, 9.17) is 0 Å². The third-order valence-electron chi connectivity index (χ3n) is 12.1. The Morgan fingerprint density at radius 3 is 0.860 bits per heavy atom. The van der Waals surface area contributed by atoms with Crippen molar-refractivity contribution in [1.29, 1.82) is 0 Å². The zero-order chi connectivity index (χ0) is 37.8. The van der Waals surface area contributed by atoms with Crippen molar-refractivity contribution in [2.24, 2.45) is 0 Å². The number of H-pyrrole nitrogens is 1. The fourth-order valence-electron chi connectivity index (χ4n) is 9.92. The van der Waals surface area contributed by atoms with E-state index in [0.717, 1.165) is 11.4 Å². The van der Waals surface area contributed by atoms with Gasteiger partial charge in [0, 0.05) is 33.4 Å². The van der Waals surface area contributed by atoms with Crippen LogP contribution < -0.4 is 51.6 Å². The molecule has 9 aromatic rings. The third-order valence-corrected chi connectivity index (χ3v) is 21.6. The molecule has 0 radical (unpaired) electrons. The van der Waals surface area contributed by atoms with Gasteiger partial charge in [-0.2, -0.15) is 0 Å². The predicted molar refractivity (Wildman–Crippen MR) is 245 cm³/mol. The molecule has 0 atom stereocenters. The van der Waals surface area contributed by atoms with Crippen molar-refractivity contribution in [2.45, 2.75) is 0 Å². The van der Waals surface area contributed by atoms with Gasteiger partial charge in [0.05, 0.1) is 11.4 Å². The smallest absolute Gasteiger partial charge is 0.203 e. The Bertz CT molecular complexity index is 2570. The first-order valence-electron chi connectivity index (χ1n) is 19.7. The fourth-order valence-corrected chi connectivity index (χ4v) is 20.1. The minimum absolute atomic E-state index is 1.13. The van der Waals surface area contributed by atoms with Crippen LogP contribution in [0.1, 0.15) is 0 Å². The Labute approximate surface area is 335 Å². The Morgan fingerprint density at radius 1 is 0.281 bits per heavy atom. The summed E-state index contributed by atoms with van der Waals surface area (Å²) in [5.74, 6) is 0. The third kappa shape index (κ3) is 4.76. The number of nitrogens with one attached hydrogen (secondary N) is 1. The highest BCUT2D eigenvalue weighted by Crippen LogP contribution is 2.48. The number of hydrogen-bond donors (Lipinski definition) is 1. The first-order valence-corrected chi connectivity index (χ1v) is 23.7. The first-order chi connectivity index (χ1) is 28.3. The molecule has 0 fully saturated rings. The van der Waals surface area contributed by atoms with E-state index in [2.05, 4.69) is 245 Å². The Morgan fingerprint density at radius 2 is 0.544 bits per heavy atom. The summed E-state index contributed by atoms with van der Waals surface area (Å²) in [5.41, 5.74) is 7.14.